The van der Waals surface area contributed by atoms with Crippen LogP contribution in [0.15, 0.2) is 53.4 Å². The fourth-order valence-electron chi connectivity index (χ4n) is 3.55. The average molecular weight is 374 g/mol. The van der Waals surface area contributed by atoms with Crippen LogP contribution < -0.4 is 4.72 Å². The van der Waals surface area contributed by atoms with Crippen LogP contribution in [0, 0.1) is 0 Å². The van der Waals surface area contributed by atoms with E-state index in [2.05, 4.69) is 52.9 Å². The molecular formula is C20H27N3O2S. The molecule has 1 heterocycles. The largest absolute Gasteiger partial charge is 0.301 e. The van der Waals surface area contributed by atoms with Gasteiger partial charge in [-0.15, -0.1) is 0 Å². The monoisotopic (exact) mass is 373 g/mol. The maximum atomic E-state index is 11.8. The number of nitrogens with one attached hydrogen (secondary N) is 1. The molecule has 0 fully saturated rings. The van der Waals surface area contributed by atoms with Crippen LogP contribution in [0.4, 0.5) is 0 Å². The summed E-state index contributed by atoms with van der Waals surface area (Å²) in [5.41, 5.74) is 3.99. The normalized spacial score (nSPS) is 18.1. The van der Waals surface area contributed by atoms with E-state index >= 15 is 0 Å². The summed E-state index contributed by atoms with van der Waals surface area (Å²) < 4.78 is 26.0. The van der Waals surface area contributed by atoms with Crippen LogP contribution in [0.2, 0.25) is 0 Å². The number of hydrogen-bond donors (Lipinski definition) is 1. The Morgan fingerprint density at radius 2 is 1.77 bits per heavy atom. The van der Waals surface area contributed by atoms with Crippen LogP contribution in [0.5, 0.6) is 0 Å². The molecule has 0 radical (unpaired) electrons. The molecule has 2 aromatic rings. The Morgan fingerprint density at radius 3 is 2.42 bits per heavy atom. The average Bonchev–Trinajstić information content (AvgIpc) is 2.63. The molecule has 2 aromatic carbocycles. The zero-order valence-corrected chi connectivity index (χ0v) is 16.5. The van der Waals surface area contributed by atoms with Gasteiger partial charge in [0.25, 0.3) is 0 Å². The minimum absolute atomic E-state index is 0.301. The van der Waals surface area contributed by atoms with Gasteiger partial charge in [0, 0.05) is 25.7 Å². The summed E-state index contributed by atoms with van der Waals surface area (Å²) >= 11 is 0. The molecule has 1 atom stereocenters. The SMILES string of the molecule is CNS(=O)(=O)c1ccc(CN(C)C[C@H]2Cc3ccccc3CN2C)cc1. The molecule has 1 aliphatic heterocycles. The smallest absolute Gasteiger partial charge is 0.240 e. The first kappa shape index (κ1) is 19.0. The van der Waals surface area contributed by atoms with E-state index in [0.717, 1.165) is 31.6 Å². The highest BCUT2D eigenvalue weighted by atomic mass is 32.2. The zero-order chi connectivity index (χ0) is 18.7. The minimum Gasteiger partial charge on any atom is -0.301 e. The maximum absolute atomic E-state index is 11.8. The highest BCUT2D eigenvalue weighted by molar-refractivity contribution is 7.89. The number of nitrogens with zero attached hydrogens (tertiary/aromatic N) is 2. The Bertz CT molecular complexity index is 850. The lowest BCUT2D eigenvalue weighted by molar-refractivity contribution is 0.158. The predicted octanol–water partition coefficient (Wildman–Crippen LogP) is 2.08. The topological polar surface area (TPSA) is 52.7 Å². The Hall–Kier alpha value is -1.73. The van der Waals surface area contributed by atoms with Gasteiger partial charge in [-0.25, -0.2) is 13.1 Å². The molecule has 0 saturated carbocycles. The Kier molecular flexibility index (Phi) is 5.77. The first-order valence-corrected chi connectivity index (χ1v) is 10.4. The van der Waals surface area contributed by atoms with Crippen LogP contribution in [0.1, 0.15) is 16.7 Å². The molecule has 0 amide bonds. The summed E-state index contributed by atoms with van der Waals surface area (Å²) in [6.07, 6.45) is 1.07. The van der Waals surface area contributed by atoms with Crippen LogP contribution in [-0.2, 0) is 29.5 Å². The van der Waals surface area contributed by atoms with Crippen molar-refractivity contribution in [3.05, 3.63) is 65.2 Å². The third-order valence-corrected chi connectivity index (χ3v) is 6.52. The number of fused-ring (bicyclic) bond motifs is 1. The van der Waals surface area contributed by atoms with E-state index in [4.69, 9.17) is 0 Å². The van der Waals surface area contributed by atoms with Crippen molar-refractivity contribution in [2.24, 2.45) is 0 Å². The molecule has 1 N–H and O–H groups in total. The number of likely N-dealkylation sites (N-methyl/N-ethyl adjacent to an activating group) is 2. The van der Waals surface area contributed by atoms with Gasteiger partial charge in [-0.3, -0.25) is 4.90 Å². The van der Waals surface area contributed by atoms with Gasteiger partial charge in [0.05, 0.1) is 4.90 Å². The lowest BCUT2D eigenvalue weighted by Gasteiger charge is -2.36. The fourth-order valence-corrected chi connectivity index (χ4v) is 4.28. The van der Waals surface area contributed by atoms with Gasteiger partial charge in [0.15, 0.2) is 0 Å². The standard InChI is InChI=1S/C20H27N3O2S/c1-21-26(24,25)20-10-8-16(9-11-20)13-22(2)15-19-12-17-6-4-5-7-18(17)14-23(19)3/h4-11,19,21H,12-15H2,1-3H3/t19-/m1/s1. The van der Waals surface area contributed by atoms with E-state index in [1.807, 2.05) is 12.1 Å². The van der Waals surface area contributed by atoms with Gasteiger partial charge in [-0.05, 0) is 56.4 Å². The zero-order valence-electron chi connectivity index (χ0n) is 15.6. The van der Waals surface area contributed by atoms with E-state index in [9.17, 15) is 8.42 Å². The minimum atomic E-state index is -3.37. The quantitative estimate of drug-likeness (QED) is 0.842. The Labute approximate surface area is 156 Å². The van der Waals surface area contributed by atoms with E-state index in [0.29, 0.717) is 10.9 Å². The van der Waals surface area contributed by atoms with Gasteiger partial charge >= 0.3 is 0 Å². The first-order chi connectivity index (χ1) is 12.4. The third kappa shape index (κ3) is 4.32. The van der Waals surface area contributed by atoms with E-state index < -0.39 is 10.0 Å². The Morgan fingerprint density at radius 1 is 1.12 bits per heavy atom. The summed E-state index contributed by atoms with van der Waals surface area (Å²) in [7, 11) is 2.36. The molecule has 0 bridgehead atoms. The first-order valence-electron chi connectivity index (χ1n) is 8.87. The molecule has 3 rings (SSSR count). The van der Waals surface area contributed by atoms with Crippen molar-refractivity contribution < 1.29 is 8.42 Å². The van der Waals surface area contributed by atoms with Crippen LogP contribution in [0.3, 0.4) is 0 Å². The molecule has 26 heavy (non-hydrogen) atoms. The van der Waals surface area contributed by atoms with Crippen molar-refractivity contribution in [3.63, 3.8) is 0 Å². The lowest BCUT2D eigenvalue weighted by Crippen LogP contribution is -2.44. The second kappa shape index (κ2) is 7.88. The third-order valence-electron chi connectivity index (χ3n) is 5.09. The molecule has 6 heteroatoms. The molecule has 0 spiro atoms. The highest BCUT2D eigenvalue weighted by Crippen LogP contribution is 2.22. The number of rotatable bonds is 6. The summed E-state index contributed by atoms with van der Waals surface area (Å²) in [5.74, 6) is 0. The second-order valence-electron chi connectivity index (χ2n) is 7.09. The molecule has 1 aliphatic rings. The summed E-state index contributed by atoms with van der Waals surface area (Å²) in [6.45, 7) is 2.76. The molecule has 0 aliphatic carbocycles. The maximum Gasteiger partial charge on any atom is 0.240 e. The molecule has 5 nitrogen and oxygen atoms in total. The van der Waals surface area contributed by atoms with Gasteiger partial charge < -0.3 is 4.90 Å². The summed E-state index contributed by atoms with van der Waals surface area (Å²) in [6, 6.07) is 16.3. The molecular weight excluding hydrogens is 346 g/mol. The Balaban J connectivity index is 1.61. The summed E-state index contributed by atoms with van der Waals surface area (Å²) in [4.78, 5) is 5.02. The van der Waals surface area contributed by atoms with Crippen molar-refractivity contribution in [2.45, 2.75) is 30.4 Å². The van der Waals surface area contributed by atoms with Crippen molar-refractivity contribution >= 4 is 10.0 Å². The van der Waals surface area contributed by atoms with Crippen molar-refractivity contribution in [2.75, 3.05) is 27.7 Å². The van der Waals surface area contributed by atoms with Crippen LogP contribution in [-0.4, -0.2) is 51.9 Å². The van der Waals surface area contributed by atoms with Gasteiger partial charge in [0.1, 0.15) is 0 Å². The van der Waals surface area contributed by atoms with Crippen LogP contribution in [0.25, 0.3) is 0 Å². The highest BCUT2D eigenvalue weighted by Gasteiger charge is 2.24. The summed E-state index contributed by atoms with van der Waals surface area (Å²) in [5, 5.41) is 0. The molecule has 0 saturated heterocycles. The van der Waals surface area contributed by atoms with Gasteiger partial charge in [-0.2, -0.15) is 0 Å². The van der Waals surface area contributed by atoms with E-state index in [-0.39, 0.29) is 0 Å². The lowest BCUT2D eigenvalue weighted by atomic mass is 9.94. The number of hydrogen-bond acceptors (Lipinski definition) is 4. The van der Waals surface area contributed by atoms with Gasteiger partial charge in [-0.1, -0.05) is 36.4 Å². The van der Waals surface area contributed by atoms with E-state index in [1.54, 1.807) is 12.1 Å². The fraction of sp³-hybridized carbons (Fsp3) is 0.400. The molecule has 0 unspecified atom stereocenters. The van der Waals surface area contributed by atoms with Crippen molar-refractivity contribution in [3.8, 4) is 0 Å². The van der Waals surface area contributed by atoms with Crippen LogP contribution >= 0.6 is 0 Å². The number of benzene rings is 2. The predicted molar refractivity (Wildman–Crippen MR) is 104 cm³/mol. The van der Waals surface area contributed by atoms with Crippen molar-refractivity contribution in [1.29, 1.82) is 0 Å². The van der Waals surface area contributed by atoms with E-state index in [1.165, 1.54) is 18.2 Å². The molecule has 0 aromatic heterocycles. The molecule has 140 valence electrons. The second-order valence-corrected chi connectivity index (χ2v) is 8.98. The number of sulfonamides is 1. The van der Waals surface area contributed by atoms with Crippen molar-refractivity contribution in [1.82, 2.24) is 14.5 Å². The van der Waals surface area contributed by atoms with Gasteiger partial charge in [0.2, 0.25) is 10.0 Å².